The molecule has 3 N–H and O–H groups in total. The van der Waals surface area contributed by atoms with Crippen LogP contribution in [0.5, 0.6) is 0 Å². The van der Waals surface area contributed by atoms with Crippen molar-refractivity contribution in [2.24, 2.45) is 29.1 Å². The second kappa shape index (κ2) is 9.46. The number of hydrogen-bond acceptors (Lipinski definition) is 9. The minimum Gasteiger partial charge on any atom is -0.454 e. The molecular formula is C32H44N2O8. The molecule has 6 aliphatic rings. The number of piperidine rings is 1. The topological polar surface area (TPSA) is 127 Å². The zero-order valence-corrected chi connectivity index (χ0v) is 25.2. The van der Waals surface area contributed by atoms with Crippen molar-refractivity contribution in [3.05, 3.63) is 29.8 Å². The zero-order valence-electron chi connectivity index (χ0n) is 25.2. The summed E-state index contributed by atoms with van der Waals surface area (Å²) < 4.78 is 25.1. The third-order valence-electron chi connectivity index (χ3n) is 12.6. The van der Waals surface area contributed by atoms with Gasteiger partial charge >= 0.3 is 5.97 Å². The number of carbonyl (C=O) groups excluding carboxylic acids is 2. The van der Waals surface area contributed by atoms with Gasteiger partial charge in [-0.2, -0.15) is 0 Å². The highest BCUT2D eigenvalue weighted by molar-refractivity contribution is 6.00. The fraction of sp³-hybridized carbons (Fsp3) is 0.750. The van der Waals surface area contributed by atoms with Crippen LogP contribution in [0.3, 0.4) is 0 Å². The average molecular weight is 585 g/mol. The standard InChI is InChI=1S/C32H44N2O8/c1-6-34-16-29(42-28(36)18-9-7-8-10-21(18)33-17(2)35)12-11-25(40-4)31-23(29)14-20(26(31)34)30(37)15-22(39-3)19-13-24(31)32(30,38)27(19)41-5/h7-10,19-20,22-27,37-38H,6,11-16H2,1-5H3,(H,33,35)/t19-,20+,22+,23?,24?,25?,26-,27+,29-,30+,31+,32?/m1/s1. The van der Waals surface area contributed by atoms with Crippen molar-refractivity contribution in [3.63, 3.8) is 0 Å². The van der Waals surface area contributed by atoms with Crippen molar-refractivity contribution in [1.82, 2.24) is 4.90 Å². The number of carbonyl (C=O) groups is 2. The Morgan fingerprint density at radius 3 is 2.50 bits per heavy atom. The van der Waals surface area contributed by atoms with Gasteiger partial charge in [-0.25, -0.2) is 4.79 Å². The number of esters is 1. The van der Waals surface area contributed by atoms with Gasteiger partial charge in [0.15, 0.2) is 0 Å². The number of aliphatic hydroxyl groups is 2. The lowest BCUT2D eigenvalue weighted by molar-refractivity contribution is -0.337. The molecule has 1 amide bonds. The molecule has 5 aliphatic carbocycles. The summed E-state index contributed by atoms with van der Waals surface area (Å²) in [6.45, 7) is 4.79. The van der Waals surface area contributed by atoms with Crippen LogP contribution in [-0.2, 0) is 23.7 Å². The van der Waals surface area contributed by atoms with Gasteiger partial charge in [-0.3, -0.25) is 9.69 Å². The molecule has 1 aliphatic heterocycles. The van der Waals surface area contributed by atoms with Gasteiger partial charge in [0.25, 0.3) is 0 Å². The minimum atomic E-state index is -1.48. The first-order chi connectivity index (χ1) is 20.1. The summed E-state index contributed by atoms with van der Waals surface area (Å²) >= 11 is 0. The maximum atomic E-state index is 14.0. The summed E-state index contributed by atoms with van der Waals surface area (Å²) in [4.78, 5) is 28.3. The van der Waals surface area contributed by atoms with Crippen molar-refractivity contribution in [1.29, 1.82) is 0 Å². The van der Waals surface area contributed by atoms with Crippen molar-refractivity contribution >= 4 is 17.6 Å². The Morgan fingerprint density at radius 1 is 1.07 bits per heavy atom. The number of hydrogen-bond donors (Lipinski definition) is 3. The van der Waals surface area contributed by atoms with Gasteiger partial charge in [0.05, 0.1) is 29.6 Å². The number of nitrogens with zero attached hydrogens (tertiary/aromatic N) is 1. The Hall–Kier alpha value is -2.08. The van der Waals surface area contributed by atoms with Gasteiger partial charge in [0.2, 0.25) is 5.91 Å². The fourth-order valence-electron chi connectivity index (χ4n) is 11.6. The molecule has 1 aromatic carbocycles. The smallest absolute Gasteiger partial charge is 0.340 e. The van der Waals surface area contributed by atoms with E-state index in [-0.39, 0.29) is 47.8 Å². The van der Waals surface area contributed by atoms with Gasteiger partial charge in [-0.15, -0.1) is 0 Å². The number of methoxy groups -OCH3 is 3. The molecule has 7 bridgehead atoms. The van der Waals surface area contributed by atoms with Gasteiger partial charge in [-0.1, -0.05) is 19.1 Å². The molecule has 1 spiro atoms. The number of fused-ring (bicyclic) bond motifs is 2. The van der Waals surface area contributed by atoms with Gasteiger partial charge in [0, 0.05) is 76.3 Å². The molecule has 230 valence electrons. The zero-order chi connectivity index (χ0) is 29.8. The Balaban J connectivity index is 1.38. The van der Waals surface area contributed by atoms with E-state index < -0.39 is 34.3 Å². The molecule has 1 saturated heterocycles. The maximum Gasteiger partial charge on any atom is 0.340 e. The van der Waals surface area contributed by atoms with E-state index in [4.69, 9.17) is 18.9 Å². The van der Waals surface area contributed by atoms with E-state index in [0.29, 0.717) is 56.4 Å². The third kappa shape index (κ3) is 3.21. The molecule has 10 nitrogen and oxygen atoms in total. The number of benzene rings is 1. The molecule has 42 heavy (non-hydrogen) atoms. The SMILES string of the molecule is CCN1C[C@]2(OC(=O)c3ccccc3NC(C)=O)CCC(OC)[C@@]34C5C[C@@H]6[C@@H](OC)C[C@](O)([C@@H](CC23)[C@@H]14)C5(O)[C@H]6OC. The summed E-state index contributed by atoms with van der Waals surface area (Å²) in [5, 5.41) is 28.4. The van der Waals surface area contributed by atoms with E-state index in [2.05, 4.69) is 17.1 Å². The van der Waals surface area contributed by atoms with Gasteiger partial charge in [0.1, 0.15) is 16.8 Å². The van der Waals surface area contributed by atoms with Crippen LogP contribution < -0.4 is 5.32 Å². The monoisotopic (exact) mass is 584 g/mol. The van der Waals surface area contributed by atoms with Crippen LogP contribution >= 0.6 is 0 Å². The largest absolute Gasteiger partial charge is 0.454 e. The van der Waals surface area contributed by atoms with Crippen molar-refractivity contribution < 1.29 is 38.7 Å². The van der Waals surface area contributed by atoms with Crippen LogP contribution in [0.4, 0.5) is 5.69 Å². The van der Waals surface area contributed by atoms with Crippen LogP contribution in [0.25, 0.3) is 0 Å². The number of anilines is 1. The van der Waals surface area contributed by atoms with E-state index in [1.54, 1.807) is 45.6 Å². The molecule has 1 heterocycles. The van der Waals surface area contributed by atoms with Crippen LogP contribution in [0.15, 0.2) is 24.3 Å². The molecule has 12 atom stereocenters. The van der Waals surface area contributed by atoms with Crippen LogP contribution in [-0.4, -0.2) is 103 Å². The van der Waals surface area contributed by atoms with Gasteiger partial charge < -0.3 is 34.5 Å². The minimum absolute atomic E-state index is 0.0432. The summed E-state index contributed by atoms with van der Waals surface area (Å²) in [6, 6.07) is 6.89. The van der Waals surface area contributed by atoms with Crippen molar-refractivity contribution in [3.8, 4) is 0 Å². The molecule has 4 unspecified atom stereocenters. The van der Waals surface area contributed by atoms with Crippen LogP contribution in [0.2, 0.25) is 0 Å². The molecule has 1 aromatic rings. The quantitative estimate of drug-likeness (QED) is 0.414. The number of likely N-dealkylation sites (N-methyl/N-ethyl adjacent to an activating group) is 1. The van der Waals surface area contributed by atoms with Gasteiger partial charge in [-0.05, 0) is 44.4 Å². The number of likely N-dealkylation sites (tertiary alicyclic amines) is 1. The first-order valence-corrected chi connectivity index (χ1v) is 15.4. The lowest BCUT2D eigenvalue weighted by Gasteiger charge is -2.70. The second-order valence-electron chi connectivity index (χ2n) is 13.7. The van der Waals surface area contributed by atoms with E-state index in [9.17, 15) is 19.8 Å². The molecule has 5 saturated carbocycles. The molecule has 0 radical (unpaired) electrons. The van der Waals surface area contributed by atoms with E-state index >= 15 is 0 Å². The summed E-state index contributed by atoms with van der Waals surface area (Å²) in [5.74, 6) is -1.54. The van der Waals surface area contributed by atoms with Crippen LogP contribution in [0, 0.1) is 29.1 Å². The highest BCUT2D eigenvalue weighted by Gasteiger charge is 2.89. The van der Waals surface area contributed by atoms with Crippen molar-refractivity contribution in [2.45, 2.75) is 87.1 Å². The Morgan fingerprint density at radius 2 is 1.83 bits per heavy atom. The summed E-state index contributed by atoms with van der Waals surface area (Å²) in [7, 11) is 5.05. The average Bonchev–Trinajstić information content (AvgIpc) is 3.39. The van der Waals surface area contributed by atoms with E-state index in [0.717, 1.165) is 0 Å². The molecular weight excluding hydrogens is 540 g/mol. The third-order valence-corrected chi connectivity index (χ3v) is 12.6. The number of nitrogens with one attached hydrogen (secondary N) is 1. The predicted octanol–water partition coefficient (Wildman–Crippen LogP) is 2.22. The highest BCUT2D eigenvalue weighted by Crippen LogP contribution is 2.79. The number of para-hydroxylation sites is 1. The number of amides is 1. The molecule has 7 rings (SSSR count). The number of rotatable bonds is 7. The van der Waals surface area contributed by atoms with E-state index in [1.807, 2.05) is 0 Å². The Kier molecular flexibility index (Phi) is 6.46. The second-order valence-corrected chi connectivity index (χ2v) is 13.7. The first-order valence-electron chi connectivity index (χ1n) is 15.4. The fourth-order valence-corrected chi connectivity index (χ4v) is 11.6. The normalized spacial score (nSPS) is 48.2. The summed E-state index contributed by atoms with van der Waals surface area (Å²) in [5.41, 5.74) is -3.57. The molecule has 0 aromatic heterocycles. The maximum absolute atomic E-state index is 14.0. The first kappa shape index (κ1) is 28.7. The Labute approximate surface area is 247 Å². The lowest BCUT2D eigenvalue weighted by atomic mass is 9.44. The number of ether oxygens (including phenoxy) is 4. The lowest BCUT2D eigenvalue weighted by Crippen LogP contribution is -2.83. The van der Waals surface area contributed by atoms with E-state index in [1.165, 1.54) is 6.92 Å². The predicted molar refractivity (Wildman–Crippen MR) is 152 cm³/mol. The highest BCUT2D eigenvalue weighted by atomic mass is 16.6. The summed E-state index contributed by atoms with van der Waals surface area (Å²) in [6.07, 6.45) is 1.91. The Bertz CT molecular complexity index is 1290. The molecule has 6 fully saturated rings. The van der Waals surface area contributed by atoms with Crippen LogP contribution in [0.1, 0.15) is 56.3 Å². The molecule has 10 heteroatoms. The van der Waals surface area contributed by atoms with Crippen molar-refractivity contribution in [2.75, 3.05) is 39.7 Å².